The number of nitrogens with zero attached hydrogens (tertiary/aromatic N) is 4. The van der Waals surface area contributed by atoms with E-state index in [1.54, 1.807) is 4.90 Å². The van der Waals surface area contributed by atoms with Crippen LogP contribution in [0.25, 0.3) is 0 Å². The molecule has 3 rings (SSSR count). The molecular weight excluding hydrogens is 340 g/mol. The Hall–Kier alpha value is -2.26. The normalized spacial score (nSPS) is 18.7. The molecule has 9 nitrogen and oxygen atoms in total. The van der Waals surface area contributed by atoms with Gasteiger partial charge in [-0.3, -0.25) is 9.69 Å². The molecule has 0 spiro atoms. The summed E-state index contributed by atoms with van der Waals surface area (Å²) in [6, 6.07) is -0.325. The van der Waals surface area contributed by atoms with E-state index < -0.39 is 0 Å². The van der Waals surface area contributed by atoms with Crippen LogP contribution in [0.4, 0.5) is 4.79 Å². The van der Waals surface area contributed by atoms with Crippen LogP contribution in [-0.2, 0) is 27.4 Å². The lowest BCUT2D eigenvalue weighted by molar-refractivity contribution is -0.125. The van der Waals surface area contributed by atoms with Gasteiger partial charge in [-0.2, -0.15) is 4.98 Å². The number of rotatable bonds is 7. The lowest BCUT2D eigenvalue weighted by Gasteiger charge is -2.33. The maximum atomic E-state index is 12.7. The fourth-order valence-electron chi connectivity index (χ4n) is 3.27. The van der Waals surface area contributed by atoms with E-state index in [1.807, 2.05) is 0 Å². The molecule has 0 N–H and O–H groups in total. The summed E-state index contributed by atoms with van der Waals surface area (Å²) in [6.45, 7) is 6.18. The summed E-state index contributed by atoms with van der Waals surface area (Å²) >= 11 is 0. The summed E-state index contributed by atoms with van der Waals surface area (Å²) in [7, 11) is 1.52. The van der Waals surface area contributed by atoms with Crippen molar-refractivity contribution in [2.24, 2.45) is 5.41 Å². The van der Waals surface area contributed by atoms with Crippen molar-refractivity contribution in [3.05, 3.63) is 23.4 Å². The molecule has 0 unspecified atom stereocenters. The number of carbonyl (C=O) groups is 2. The van der Waals surface area contributed by atoms with Crippen molar-refractivity contribution in [1.82, 2.24) is 19.9 Å². The molecule has 142 valence electrons. The van der Waals surface area contributed by atoms with Gasteiger partial charge in [0.1, 0.15) is 13.2 Å². The third-order valence-corrected chi connectivity index (χ3v) is 4.62. The lowest BCUT2D eigenvalue weighted by atomic mass is 9.81. The maximum absolute atomic E-state index is 12.7. The number of imide groups is 1. The first-order valence-electron chi connectivity index (χ1n) is 8.57. The fourth-order valence-corrected chi connectivity index (χ4v) is 3.27. The van der Waals surface area contributed by atoms with Crippen molar-refractivity contribution in [3.8, 4) is 0 Å². The molecule has 0 aromatic carbocycles. The molecule has 0 aliphatic carbocycles. The largest absolute Gasteiger partial charge is 0.377 e. The molecule has 2 aliphatic heterocycles. The van der Waals surface area contributed by atoms with Crippen molar-refractivity contribution in [2.45, 2.75) is 33.4 Å². The Bertz CT molecular complexity index is 712. The molecule has 9 heteroatoms. The second kappa shape index (κ2) is 7.55. The number of ether oxygens (including phenoxy) is 2. The van der Waals surface area contributed by atoms with Gasteiger partial charge in [0, 0.05) is 19.1 Å². The van der Waals surface area contributed by atoms with Gasteiger partial charge in [-0.15, -0.1) is 0 Å². The van der Waals surface area contributed by atoms with Gasteiger partial charge in [0.2, 0.25) is 0 Å². The second-order valence-corrected chi connectivity index (χ2v) is 7.09. The zero-order valence-electron chi connectivity index (χ0n) is 15.4. The molecular formula is C17H24N4O5. The topological polar surface area (TPSA) is 98.0 Å². The number of urea groups is 1. The van der Waals surface area contributed by atoms with E-state index in [4.69, 9.17) is 14.0 Å². The monoisotopic (exact) mass is 364 g/mol. The smallest absolute Gasteiger partial charge is 0.327 e. The number of amides is 3. The molecule has 1 aromatic heterocycles. The summed E-state index contributed by atoms with van der Waals surface area (Å²) in [5, 5.41) is 3.79. The first-order chi connectivity index (χ1) is 12.4. The molecule has 1 saturated heterocycles. The highest BCUT2D eigenvalue weighted by atomic mass is 16.5. The van der Waals surface area contributed by atoms with Crippen LogP contribution < -0.4 is 0 Å². The Kier molecular flexibility index (Phi) is 5.38. The van der Waals surface area contributed by atoms with Crippen LogP contribution in [0.2, 0.25) is 0 Å². The molecule has 2 aliphatic rings. The van der Waals surface area contributed by atoms with Crippen LogP contribution in [0.5, 0.6) is 0 Å². The number of hydrogen-bond acceptors (Lipinski definition) is 7. The van der Waals surface area contributed by atoms with Gasteiger partial charge in [0.15, 0.2) is 5.82 Å². The van der Waals surface area contributed by atoms with Crippen molar-refractivity contribution >= 4 is 11.9 Å². The Labute approximate surface area is 151 Å². The minimum Gasteiger partial charge on any atom is -0.377 e. The van der Waals surface area contributed by atoms with E-state index in [9.17, 15) is 9.59 Å². The van der Waals surface area contributed by atoms with Gasteiger partial charge in [-0.25, -0.2) is 4.79 Å². The Morgan fingerprint density at radius 2 is 2.15 bits per heavy atom. The van der Waals surface area contributed by atoms with Gasteiger partial charge in [0.25, 0.3) is 11.8 Å². The van der Waals surface area contributed by atoms with Gasteiger partial charge in [-0.1, -0.05) is 30.7 Å². The minimum absolute atomic E-state index is 0.00164. The molecule has 0 bridgehead atoms. The Balaban J connectivity index is 1.65. The molecule has 3 heterocycles. The average molecular weight is 364 g/mol. The second-order valence-electron chi connectivity index (χ2n) is 7.09. The SMILES string of the molecule is COCc1nc(CN2C(=O)CN(CC(C)(C)C3=CCOCC3)C2=O)no1. The molecule has 0 atom stereocenters. The lowest BCUT2D eigenvalue weighted by Crippen LogP contribution is -2.39. The van der Waals surface area contributed by atoms with Crippen molar-refractivity contribution in [2.75, 3.05) is 33.4 Å². The predicted molar refractivity (Wildman–Crippen MR) is 89.8 cm³/mol. The first kappa shape index (κ1) is 18.5. The molecule has 1 fully saturated rings. The van der Waals surface area contributed by atoms with E-state index in [-0.39, 0.29) is 42.9 Å². The van der Waals surface area contributed by atoms with E-state index >= 15 is 0 Å². The Morgan fingerprint density at radius 3 is 2.85 bits per heavy atom. The van der Waals surface area contributed by atoms with Crippen LogP contribution in [-0.4, -0.2) is 65.3 Å². The predicted octanol–water partition coefficient (Wildman–Crippen LogP) is 1.35. The summed E-state index contributed by atoms with van der Waals surface area (Å²) in [4.78, 5) is 31.9. The summed E-state index contributed by atoms with van der Waals surface area (Å²) in [6.07, 6.45) is 2.91. The van der Waals surface area contributed by atoms with Crippen LogP contribution in [0.3, 0.4) is 0 Å². The number of aromatic nitrogens is 2. The van der Waals surface area contributed by atoms with Gasteiger partial charge < -0.3 is 18.9 Å². The van der Waals surface area contributed by atoms with Crippen molar-refractivity contribution in [1.29, 1.82) is 0 Å². The van der Waals surface area contributed by atoms with E-state index in [1.165, 1.54) is 12.7 Å². The van der Waals surface area contributed by atoms with E-state index in [0.29, 0.717) is 25.6 Å². The first-order valence-corrected chi connectivity index (χ1v) is 8.57. The third-order valence-electron chi connectivity index (χ3n) is 4.62. The highest BCUT2D eigenvalue weighted by Gasteiger charge is 2.40. The van der Waals surface area contributed by atoms with Gasteiger partial charge in [0.05, 0.1) is 19.8 Å². The zero-order chi connectivity index (χ0) is 18.7. The third kappa shape index (κ3) is 3.94. The molecule has 3 amide bonds. The molecule has 26 heavy (non-hydrogen) atoms. The summed E-state index contributed by atoms with van der Waals surface area (Å²) in [5.74, 6) is 0.336. The van der Waals surface area contributed by atoms with Crippen molar-refractivity contribution in [3.63, 3.8) is 0 Å². The van der Waals surface area contributed by atoms with Crippen LogP contribution in [0.1, 0.15) is 32.0 Å². The molecule has 0 saturated carbocycles. The summed E-state index contributed by atoms with van der Waals surface area (Å²) < 4.78 is 15.3. The van der Waals surface area contributed by atoms with Crippen LogP contribution >= 0.6 is 0 Å². The highest BCUT2D eigenvalue weighted by molar-refractivity contribution is 6.01. The quantitative estimate of drug-likeness (QED) is 0.532. The van der Waals surface area contributed by atoms with E-state index in [0.717, 1.165) is 11.3 Å². The van der Waals surface area contributed by atoms with E-state index in [2.05, 4.69) is 30.1 Å². The maximum Gasteiger partial charge on any atom is 0.327 e. The van der Waals surface area contributed by atoms with Crippen molar-refractivity contribution < 1.29 is 23.6 Å². The molecule has 0 radical (unpaired) electrons. The standard InChI is InChI=1S/C17H24N4O5/c1-17(2,12-4-6-25-7-5-12)11-20-9-15(22)21(16(20)23)8-13-18-14(10-24-3)26-19-13/h4H,5-11H2,1-3H3. The number of carbonyl (C=O) groups excluding carboxylic acids is 2. The summed E-state index contributed by atoms with van der Waals surface area (Å²) in [5.41, 5.74) is 1.04. The zero-order valence-corrected chi connectivity index (χ0v) is 15.4. The average Bonchev–Trinajstić information content (AvgIpc) is 3.16. The molecule has 1 aromatic rings. The number of hydrogen-bond donors (Lipinski definition) is 0. The Morgan fingerprint density at radius 1 is 1.35 bits per heavy atom. The minimum atomic E-state index is -0.325. The number of methoxy groups -OCH3 is 1. The van der Waals surface area contributed by atoms with Crippen LogP contribution in [0.15, 0.2) is 16.2 Å². The fraction of sp³-hybridized carbons (Fsp3) is 0.647. The van der Waals surface area contributed by atoms with Gasteiger partial charge in [-0.05, 0) is 6.42 Å². The van der Waals surface area contributed by atoms with Crippen LogP contribution in [0, 0.1) is 5.41 Å². The highest BCUT2D eigenvalue weighted by Crippen LogP contribution is 2.32. The van der Waals surface area contributed by atoms with Gasteiger partial charge >= 0.3 is 6.03 Å².